The van der Waals surface area contributed by atoms with Gasteiger partial charge < -0.3 is 10.4 Å². The zero-order valence-electron chi connectivity index (χ0n) is 10.7. The normalized spacial score (nSPS) is 11.6. The Kier molecular flexibility index (Phi) is 6.08. The summed E-state index contributed by atoms with van der Waals surface area (Å²) in [5.74, 6) is -0.604. The molecule has 4 heteroatoms. The average molecular weight is 229 g/mol. The highest BCUT2D eigenvalue weighted by atomic mass is 16.4. The lowest BCUT2D eigenvalue weighted by atomic mass is 9.82. The summed E-state index contributed by atoms with van der Waals surface area (Å²) >= 11 is 0. The number of carbonyl (C=O) groups is 2. The molecule has 0 aliphatic rings. The van der Waals surface area contributed by atoms with Crippen molar-refractivity contribution in [2.75, 3.05) is 6.54 Å². The van der Waals surface area contributed by atoms with Crippen LogP contribution in [-0.2, 0) is 9.59 Å². The van der Waals surface area contributed by atoms with Crippen LogP contribution in [-0.4, -0.2) is 23.5 Å². The topological polar surface area (TPSA) is 66.4 Å². The third-order valence-electron chi connectivity index (χ3n) is 3.02. The lowest BCUT2D eigenvalue weighted by Gasteiger charge is -2.27. The van der Waals surface area contributed by atoms with Crippen LogP contribution in [0, 0.1) is 11.3 Å². The fourth-order valence-corrected chi connectivity index (χ4v) is 1.59. The van der Waals surface area contributed by atoms with Crippen LogP contribution in [0.3, 0.4) is 0 Å². The molecule has 0 saturated carbocycles. The van der Waals surface area contributed by atoms with Gasteiger partial charge in [0.25, 0.3) is 0 Å². The summed E-state index contributed by atoms with van der Waals surface area (Å²) in [4.78, 5) is 22.6. The van der Waals surface area contributed by atoms with E-state index in [2.05, 4.69) is 5.32 Å². The standard InChI is InChI=1S/C12H23NO3/c1-5-12(6-2,11(15)16)8-13-10(14)7-9(3)4/h9H,5-8H2,1-4H3,(H,13,14)(H,15,16). The van der Waals surface area contributed by atoms with Crippen LogP contribution < -0.4 is 5.32 Å². The van der Waals surface area contributed by atoms with E-state index in [0.29, 0.717) is 25.2 Å². The second-order valence-corrected chi connectivity index (χ2v) is 4.67. The maximum Gasteiger partial charge on any atom is 0.311 e. The Bertz CT molecular complexity index is 245. The van der Waals surface area contributed by atoms with Crippen molar-refractivity contribution in [1.82, 2.24) is 5.32 Å². The number of carboxylic acids is 1. The third kappa shape index (κ3) is 4.21. The number of aliphatic carboxylic acids is 1. The summed E-state index contributed by atoms with van der Waals surface area (Å²) in [5.41, 5.74) is -0.813. The molecule has 0 spiro atoms. The van der Waals surface area contributed by atoms with Crippen LogP contribution in [0.25, 0.3) is 0 Å². The van der Waals surface area contributed by atoms with E-state index in [-0.39, 0.29) is 12.5 Å². The number of carbonyl (C=O) groups excluding carboxylic acids is 1. The van der Waals surface area contributed by atoms with Crippen LogP contribution in [0.5, 0.6) is 0 Å². The van der Waals surface area contributed by atoms with Crippen LogP contribution in [0.15, 0.2) is 0 Å². The number of hydrogen-bond donors (Lipinski definition) is 2. The molecule has 94 valence electrons. The van der Waals surface area contributed by atoms with Crippen LogP contribution in [0.4, 0.5) is 0 Å². The summed E-state index contributed by atoms with van der Waals surface area (Å²) in [6.45, 7) is 7.83. The minimum absolute atomic E-state index is 0.0671. The summed E-state index contributed by atoms with van der Waals surface area (Å²) < 4.78 is 0. The molecule has 0 aliphatic heterocycles. The van der Waals surface area contributed by atoms with Crippen LogP contribution in [0.1, 0.15) is 47.0 Å². The van der Waals surface area contributed by atoms with Crippen molar-refractivity contribution in [3.63, 3.8) is 0 Å². The van der Waals surface area contributed by atoms with Crippen molar-refractivity contribution in [2.45, 2.75) is 47.0 Å². The van der Waals surface area contributed by atoms with E-state index < -0.39 is 11.4 Å². The zero-order valence-corrected chi connectivity index (χ0v) is 10.7. The summed E-state index contributed by atoms with van der Waals surface area (Å²) in [5, 5.41) is 11.9. The van der Waals surface area contributed by atoms with Crippen molar-refractivity contribution in [2.24, 2.45) is 11.3 Å². The highest BCUT2D eigenvalue weighted by Gasteiger charge is 2.34. The smallest absolute Gasteiger partial charge is 0.311 e. The molecule has 0 aromatic rings. The van der Waals surface area contributed by atoms with Crippen LogP contribution >= 0.6 is 0 Å². The third-order valence-corrected chi connectivity index (χ3v) is 3.02. The summed E-state index contributed by atoms with van der Waals surface area (Å²) in [6, 6.07) is 0. The minimum Gasteiger partial charge on any atom is -0.481 e. The minimum atomic E-state index is -0.831. The summed E-state index contributed by atoms with van der Waals surface area (Å²) in [7, 11) is 0. The lowest BCUT2D eigenvalue weighted by Crippen LogP contribution is -2.42. The molecule has 0 fully saturated rings. The zero-order chi connectivity index (χ0) is 12.8. The van der Waals surface area contributed by atoms with Crippen molar-refractivity contribution in [3.8, 4) is 0 Å². The molecule has 0 aromatic heterocycles. The van der Waals surface area contributed by atoms with E-state index >= 15 is 0 Å². The Labute approximate surface area is 97.4 Å². The number of amides is 1. The molecule has 16 heavy (non-hydrogen) atoms. The fourth-order valence-electron chi connectivity index (χ4n) is 1.59. The molecular formula is C12H23NO3. The van der Waals surface area contributed by atoms with Gasteiger partial charge in [-0.1, -0.05) is 27.7 Å². The molecule has 0 rings (SSSR count). The van der Waals surface area contributed by atoms with Crippen molar-refractivity contribution in [1.29, 1.82) is 0 Å². The molecule has 4 nitrogen and oxygen atoms in total. The van der Waals surface area contributed by atoms with Gasteiger partial charge >= 0.3 is 5.97 Å². The lowest BCUT2D eigenvalue weighted by molar-refractivity contribution is -0.149. The molecule has 0 atom stereocenters. The molecule has 2 N–H and O–H groups in total. The van der Waals surface area contributed by atoms with Gasteiger partial charge in [-0.3, -0.25) is 9.59 Å². The molecule has 0 aromatic carbocycles. The molecule has 0 radical (unpaired) electrons. The number of hydrogen-bond acceptors (Lipinski definition) is 2. The molecule has 1 amide bonds. The second-order valence-electron chi connectivity index (χ2n) is 4.67. The molecule has 0 aliphatic carbocycles. The largest absolute Gasteiger partial charge is 0.481 e. The molecule has 0 bridgehead atoms. The first-order chi connectivity index (χ1) is 7.38. The Hall–Kier alpha value is -1.06. The molecule has 0 saturated heterocycles. The predicted octanol–water partition coefficient (Wildman–Crippen LogP) is 2.04. The molecule has 0 unspecified atom stereocenters. The van der Waals surface area contributed by atoms with E-state index in [1.807, 2.05) is 27.7 Å². The maximum absolute atomic E-state index is 11.5. The number of nitrogens with one attached hydrogen (secondary N) is 1. The van der Waals surface area contributed by atoms with Crippen molar-refractivity contribution >= 4 is 11.9 Å². The second kappa shape index (κ2) is 6.51. The summed E-state index contributed by atoms with van der Waals surface area (Å²) in [6.07, 6.45) is 1.50. The quantitative estimate of drug-likeness (QED) is 0.702. The Morgan fingerprint density at radius 2 is 1.75 bits per heavy atom. The highest BCUT2D eigenvalue weighted by Crippen LogP contribution is 2.25. The Morgan fingerprint density at radius 1 is 1.25 bits per heavy atom. The van der Waals surface area contributed by atoms with E-state index in [1.165, 1.54) is 0 Å². The first kappa shape index (κ1) is 14.9. The fraction of sp³-hybridized carbons (Fsp3) is 0.833. The number of carboxylic acid groups (broad SMARTS) is 1. The van der Waals surface area contributed by atoms with Gasteiger partial charge in [-0.25, -0.2) is 0 Å². The van der Waals surface area contributed by atoms with Crippen molar-refractivity contribution in [3.05, 3.63) is 0 Å². The van der Waals surface area contributed by atoms with E-state index in [4.69, 9.17) is 5.11 Å². The Balaban J connectivity index is 4.33. The van der Waals surface area contributed by atoms with Gasteiger partial charge in [-0.05, 0) is 18.8 Å². The van der Waals surface area contributed by atoms with Gasteiger partial charge in [-0.2, -0.15) is 0 Å². The van der Waals surface area contributed by atoms with Gasteiger partial charge in [0.15, 0.2) is 0 Å². The Morgan fingerprint density at radius 3 is 2.06 bits per heavy atom. The average Bonchev–Trinajstić information content (AvgIpc) is 2.18. The van der Waals surface area contributed by atoms with Gasteiger partial charge in [0.05, 0.1) is 5.41 Å². The van der Waals surface area contributed by atoms with Gasteiger partial charge in [0.2, 0.25) is 5.91 Å². The first-order valence-corrected chi connectivity index (χ1v) is 5.88. The van der Waals surface area contributed by atoms with Crippen molar-refractivity contribution < 1.29 is 14.7 Å². The van der Waals surface area contributed by atoms with Gasteiger partial charge in [0.1, 0.15) is 0 Å². The molecular weight excluding hydrogens is 206 g/mol. The predicted molar refractivity (Wildman–Crippen MR) is 63.1 cm³/mol. The van der Waals surface area contributed by atoms with E-state index in [1.54, 1.807) is 0 Å². The van der Waals surface area contributed by atoms with E-state index in [0.717, 1.165) is 0 Å². The highest BCUT2D eigenvalue weighted by molar-refractivity contribution is 5.79. The van der Waals surface area contributed by atoms with E-state index in [9.17, 15) is 9.59 Å². The monoisotopic (exact) mass is 229 g/mol. The number of rotatable bonds is 7. The maximum atomic E-state index is 11.5. The first-order valence-electron chi connectivity index (χ1n) is 5.88. The van der Waals surface area contributed by atoms with Gasteiger partial charge in [0, 0.05) is 13.0 Å². The van der Waals surface area contributed by atoms with Crippen LogP contribution in [0.2, 0.25) is 0 Å². The van der Waals surface area contributed by atoms with Gasteiger partial charge in [-0.15, -0.1) is 0 Å². The SMILES string of the molecule is CCC(CC)(CNC(=O)CC(C)C)C(=O)O. The molecule has 0 heterocycles.